The maximum Gasteiger partial charge on any atom is 0.339 e. The van der Waals surface area contributed by atoms with Crippen LogP contribution in [-0.2, 0) is 0 Å². The van der Waals surface area contributed by atoms with Crippen LogP contribution < -0.4 is 0 Å². The molecule has 0 aromatic rings. The smallest absolute Gasteiger partial charge is 0.194 e. The Morgan fingerprint density at radius 1 is 0.821 bits per heavy atom. The monoisotopic (exact) mass is 398 g/mol. The molecule has 3 rings (SSSR count). The van der Waals surface area contributed by atoms with Gasteiger partial charge in [-0.2, -0.15) is 17.6 Å². The molecule has 0 aromatic heterocycles. The molecule has 1 unspecified atom stereocenters. The lowest BCUT2D eigenvalue weighted by molar-refractivity contribution is -0.167. The fourth-order valence-corrected chi connectivity index (χ4v) is 5.41. The van der Waals surface area contributed by atoms with E-state index >= 15 is 0 Å². The third-order valence-electron chi connectivity index (χ3n) is 7.07. The van der Waals surface area contributed by atoms with Crippen LogP contribution >= 0.6 is 0 Å². The zero-order chi connectivity index (χ0) is 20.4. The number of halogens is 4. The van der Waals surface area contributed by atoms with Gasteiger partial charge in [-0.3, -0.25) is 0 Å². The second-order valence-electron chi connectivity index (χ2n) is 9.02. The number of alkyl halides is 4. The van der Waals surface area contributed by atoms with Crippen LogP contribution in [0, 0.1) is 17.8 Å². The van der Waals surface area contributed by atoms with E-state index in [1.807, 2.05) is 0 Å². The Kier molecular flexibility index (Phi) is 6.76. The van der Waals surface area contributed by atoms with Crippen LogP contribution in [0.4, 0.5) is 17.6 Å². The Bertz CT molecular complexity index is 633. The summed E-state index contributed by atoms with van der Waals surface area (Å²) in [4.78, 5) is 0. The van der Waals surface area contributed by atoms with Gasteiger partial charge >= 0.3 is 11.8 Å². The summed E-state index contributed by atoms with van der Waals surface area (Å²) in [6, 6.07) is 0. The highest BCUT2D eigenvalue weighted by molar-refractivity contribution is 5.49. The quantitative estimate of drug-likeness (QED) is 0.395. The number of rotatable bonds is 6. The zero-order valence-corrected chi connectivity index (χ0v) is 17.3. The number of hydrogen-bond acceptors (Lipinski definition) is 0. The third-order valence-corrected chi connectivity index (χ3v) is 7.07. The Morgan fingerprint density at radius 2 is 1.46 bits per heavy atom. The molecule has 0 saturated heterocycles. The van der Waals surface area contributed by atoms with Gasteiger partial charge in [0.15, 0.2) is 0 Å². The minimum Gasteiger partial charge on any atom is -0.194 e. The van der Waals surface area contributed by atoms with E-state index in [0.29, 0.717) is 36.7 Å². The van der Waals surface area contributed by atoms with Gasteiger partial charge in [-0.1, -0.05) is 57.8 Å². The second kappa shape index (κ2) is 8.75. The third kappa shape index (κ3) is 4.11. The van der Waals surface area contributed by atoms with Crippen LogP contribution in [0.1, 0.15) is 84.5 Å². The van der Waals surface area contributed by atoms with E-state index in [1.165, 1.54) is 12.2 Å². The summed E-state index contributed by atoms with van der Waals surface area (Å²) in [5.41, 5.74) is -0.355. The van der Waals surface area contributed by atoms with Crippen molar-refractivity contribution >= 4 is 0 Å². The minimum atomic E-state index is -4.11. The van der Waals surface area contributed by atoms with Crippen molar-refractivity contribution in [1.82, 2.24) is 0 Å². The van der Waals surface area contributed by atoms with Gasteiger partial charge in [-0.05, 0) is 68.3 Å². The van der Waals surface area contributed by atoms with E-state index in [9.17, 15) is 17.6 Å². The van der Waals surface area contributed by atoms with Crippen LogP contribution in [0.25, 0.3) is 0 Å². The van der Waals surface area contributed by atoms with Gasteiger partial charge < -0.3 is 0 Å². The molecule has 0 spiro atoms. The van der Waals surface area contributed by atoms with Gasteiger partial charge in [0.25, 0.3) is 0 Å². The highest BCUT2D eigenvalue weighted by Gasteiger charge is 2.63. The Balaban J connectivity index is 1.79. The maximum atomic E-state index is 15.0. The van der Waals surface area contributed by atoms with E-state index in [-0.39, 0.29) is 5.57 Å². The molecule has 1 saturated carbocycles. The molecule has 3 aliphatic rings. The van der Waals surface area contributed by atoms with Crippen molar-refractivity contribution in [1.29, 1.82) is 0 Å². The largest absolute Gasteiger partial charge is 0.339 e. The van der Waals surface area contributed by atoms with E-state index in [4.69, 9.17) is 0 Å². The van der Waals surface area contributed by atoms with E-state index in [2.05, 4.69) is 13.8 Å². The molecule has 158 valence electrons. The fraction of sp³-hybridized carbons (Fsp3) is 0.750. The average molecular weight is 399 g/mol. The number of hydrogen-bond donors (Lipinski definition) is 0. The molecule has 0 heterocycles. The van der Waals surface area contributed by atoms with Crippen LogP contribution in [0.3, 0.4) is 0 Å². The molecular weight excluding hydrogens is 364 g/mol. The van der Waals surface area contributed by atoms with Crippen molar-refractivity contribution in [3.63, 3.8) is 0 Å². The lowest BCUT2D eigenvalue weighted by Gasteiger charge is -2.39. The van der Waals surface area contributed by atoms with Gasteiger partial charge in [-0.25, -0.2) is 0 Å². The predicted octanol–water partition coefficient (Wildman–Crippen LogP) is 8.26. The first kappa shape index (κ1) is 21.6. The summed E-state index contributed by atoms with van der Waals surface area (Å²) in [5.74, 6) is -7.55. The first-order chi connectivity index (χ1) is 13.3. The van der Waals surface area contributed by atoms with Crippen LogP contribution in [0.5, 0.6) is 0 Å². The Hall–Kier alpha value is -1.06. The second-order valence-corrected chi connectivity index (χ2v) is 9.02. The topological polar surface area (TPSA) is 0 Å². The Labute approximate surface area is 167 Å². The minimum absolute atomic E-state index is 0.337. The van der Waals surface area contributed by atoms with Gasteiger partial charge in [0.2, 0.25) is 0 Å². The first-order valence-corrected chi connectivity index (χ1v) is 11.2. The van der Waals surface area contributed by atoms with Gasteiger partial charge in [0, 0.05) is 11.1 Å². The molecule has 0 aromatic carbocycles. The van der Waals surface area contributed by atoms with Crippen LogP contribution in [0.15, 0.2) is 34.9 Å². The molecule has 0 nitrogen and oxygen atoms in total. The normalized spacial score (nSPS) is 32.4. The molecule has 0 aliphatic heterocycles. The predicted molar refractivity (Wildman–Crippen MR) is 107 cm³/mol. The van der Waals surface area contributed by atoms with Crippen molar-refractivity contribution in [2.24, 2.45) is 17.8 Å². The fourth-order valence-electron chi connectivity index (χ4n) is 5.41. The van der Waals surface area contributed by atoms with Gasteiger partial charge in [0.1, 0.15) is 0 Å². The summed E-state index contributed by atoms with van der Waals surface area (Å²) in [6.45, 7) is 4.24. The summed E-state index contributed by atoms with van der Waals surface area (Å²) < 4.78 is 59.9. The van der Waals surface area contributed by atoms with Gasteiger partial charge in [0.05, 0.1) is 0 Å². The zero-order valence-electron chi connectivity index (χ0n) is 17.3. The van der Waals surface area contributed by atoms with Crippen molar-refractivity contribution in [2.45, 2.75) is 96.3 Å². The van der Waals surface area contributed by atoms with Crippen molar-refractivity contribution < 1.29 is 17.6 Å². The maximum absolute atomic E-state index is 15.0. The van der Waals surface area contributed by atoms with Crippen LogP contribution in [-0.4, -0.2) is 11.8 Å². The molecule has 4 heteroatoms. The average Bonchev–Trinajstić information content (AvgIpc) is 2.66. The van der Waals surface area contributed by atoms with E-state index < -0.39 is 23.3 Å². The van der Waals surface area contributed by atoms with Crippen molar-refractivity contribution in [2.75, 3.05) is 0 Å². The standard InChI is InChI=1S/C24H34F4/c1-3-5-17-7-11-19(12-8-17)21-15-16-22(24(27,28)23(21,25)26)20-13-9-18(6-4-2)10-14-20/h11,15-18,20H,3-10,12-14H2,1-2H3. The van der Waals surface area contributed by atoms with Gasteiger partial charge in [-0.15, -0.1) is 0 Å². The van der Waals surface area contributed by atoms with Crippen molar-refractivity contribution in [3.05, 3.63) is 34.9 Å². The molecule has 1 atom stereocenters. The SMILES string of the molecule is CCCC1CC=C(C2=CC=C(C3CCC(CCC)CC3)C(F)(F)C2(F)F)CC1. The lowest BCUT2D eigenvalue weighted by atomic mass is 9.71. The lowest BCUT2D eigenvalue weighted by Crippen LogP contribution is -2.48. The summed E-state index contributed by atoms with van der Waals surface area (Å²) in [5, 5.41) is 0. The molecule has 0 radical (unpaired) electrons. The number of allylic oxidation sites excluding steroid dienone is 6. The summed E-state index contributed by atoms with van der Waals surface area (Å²) in [7, 11) is 0. The molecule has 28 heavy (non-hydrogen) atoms. The first-order valence-electron chi connectivity index (χ1n) is 11.2. The molecule has 1 fully saturated rings. The van der Waals surface area contributed by atoms with Crippen LogP contribution in [0.2, 0.25) is 0 Å². The molecule has 3 aliphatic carbocycles. The molecule has 0 amide bonds. The Morgan fingerprint density at radius 3 is 2.04 bits per heavy atom. The molecule has 0 bridgehead atoms. The molecule has 0 N–H and O–H groups in total. The highest BCUT2D eigenvalue weighted by atomic mass is 19.3. The van der Waals surface area contributed by atoms with Crippen molar-refractivity contribution in [3.8, 4) is 0 Å². The van der Waals surface area contributed by atoms with E-state index in [0.717, 1.165) is 51.4 Å². The summed E-state index contributed by atoms with van der Waals surface area (Å²) in [6.07, 6.45) is 13.7. The summed E-state index contributed by atoms with van der Waals surface area (Å²) >= 11 is 0. The highest BCUT2D eigenvalue weighted by Crippen LogP contribution is 2.54. The van der Waals surface area contributed by atoms with E-state index in [1.54, 1.807) is 6.08 Å². The molecular formula is C24H34F4.